The van der Waals surface area contributed by atoms with Gasteiger partial charge in [-0.3, -0.25) is 0 Å². The van der Waals surface area contributed by atoms with Gasteiger partial charge in [0.2, 0.25) is 0 Å². The van der Waals surface area contributed by atoms with Gasteiger partial charge < -0.3 is 20.9 Å². The molecule has 0 saturated carbocycles. The summed E-state index contributed by atoms with van der Waals surface area (Å²) in [4.78, 5) is 9.09. The maximum Gasteiger partial charge on any atom is 0.145 e. The number of aromatic nitrogens is 2. The summed E-state index contributed by atoms with van der Waals surface area (Å²) in [7, 11) is 0. The summed E-state index contributed by atoms with van der Waals surface area (Å²) < 4.78 is 15.8. The number of benzene rings is 2. The van der Waals surface area contributed by atoms with Crippen LogP contribution < -0.4 is 16.4 Å². The van der Waals surface area contributed by atoms with Crippen LogP contribution in [0.4, 0.5) is 10.2 Å². The van der Waals surface area contributed by atoms with Gasteiger partial charge in [0.15, 0.2) is 0 Å². The molecule has 1 atom stereocenters. The third kappa shape index (κ3) is 5.60. The summed E-state index contributed by atoms with van der Waals surface area (Å²) in [6, 6.07) is 11.9. The molecule has 4 N–H and O–H groups in total. The summed E-state index contributed by atoms with van der Waals surface area (Å²) in [5.74, 6) is 1.57. The predicted molar refractivity (Wildman–Crippen MR) is 138 cm³/mol. The number of anilines is 1. The fourth-order valence-electron chi connectivity index (χ4n) is 4.03. The Morgan fingerprint density at radius 1 is 1.26 bits per heavy atom. The average Bonchev–Trinajstić information content (AvgIpc) is 3.12. The lowest BCUT2D eigenvalue weighted by Crippen LogP contribution is -2.32. The van der Waals surface area contributed by atoms with Gasteiger partial charge in [0.05, 0.1) is 21.8 Å². The zero-order valence-corrected chi connectivity index (χ0v) is 20.2. The topological polar surface area (TPSA) is 80.3 Å². The Kier molecular flexibility index (Phi) is 7.88. The van der Waals surface area contributed by atoms with E-state index in [4.69, 9.17) is 33.9 Å². The molecule has 0 aliphatic carbocycles. The van der Waals surface area contributed by atoms with Crippen molar-refractivity contribution in [3.63, 3.8) is 0 Å². The molecule has 4 rings (SSSR count). The van der Waals surface area contributed by atoms with E-state index in [-0.39, 0.29) is 12.4 Å². The van der Waals surface area contributed by atoms with Crippen molar-refractivity contribution in [3.8, 4) is 11.4 Å². The molecule has 2 heterocycles. The minimum absolute atomic E-state index is 0.266. The van der Waals surface area contributed by atoms with Gasteiger partial charge in [0, 0.05) is 18.7 Å². The van der Waals surface area contributed by atoms with Gasteiger partial charge >= 0.3 is 0 Å². The van der Waals surface area contributed by atoms with E-state index in [1.807, 2.05) is 4.57 Å². The van der Waals surface area contributed by atoms with Crippen LogP contribution in [0.2, 0.25) is 10.0 Å². The van der Waals surface area contributed by atoms with Gasteiger partial charge in [0.25, 0.3) is 0 Å². The van der Waals surface area contributed by atoms with Crippen molar-refractivity contribution >= 4 is 35.2 Å². The average molecular weight is 501 g/mol. The van der Waals surface area contributed by atoms with E-state index in [0.29, 0.717) is 56.8 Å². The molecule has 1 aromatic heterocycles. The molecule has 3 aromatic rings. The van der Waals surface area contributed by atoms with E-state index < -0.39 is 0 Å². The molecular weight excluding hydrogens is 474 g/mol. The highest BCUT2D eigenvalue weighted by atomic mass is 35.5. The summed E-state index contributed by atoms with van der Waals surface area (Å²) in [5.41, 5.74) is 8.19. The van der Waals surface area contributed by atoms with Gasteiger partial charge in [-0.1, -0.05) is 54.0 Å². The molecule has 1 aliphatic heterocycles. The van der Waals surface area contributed by atoms with Crippen molar-refractivity contribution < 1.29 is 4.39 Å². The van der Waals surface area contributed by atoms with E-state index >= 15 is 0 Å². The lowest BCUT2D eigenvalue weighted by molar-refractivity contribution is 0.340. The molecule has 9 heteroatoms. The van der Waals surface area contributed by atoms with E-state index in [1.165, 1.54) is 6.07 Å². The molecule has 34 heavy (non-hydrogen) atoms. The van der Waals surface area contributed by atoms with Crippen LogP contribution >= 0.6 is 23.2 Å². The molecule has 6 nitrogen and oxygen atoms in total. The van der Waals surface area contributed by atoms with Crippen LogP contribution in [0.3, 0.4) is 0 Å². The van der Waals surface area contributed by atoms with E-state index in [9.17, 15) is 4.39 Å². The quantitative estimate of drug-likeness (QED) is 0.368. The smallest absolute Gasteiger partial charge is 0.145 e. The fourth-order valence-corrected chi connectivity index (χ4v) is 4.59. The number of hydrogen-bond donors (Lipinski definition) is 3. The van der Waals surface area contributed by atoms with Crippen molar-refractivity contribution in [1.82, 2.24) is 20.2 Å². The van der Waals surface area contributed by atoms with E-state index in [1.54, 1.807) is 42.6 Å². The second-order valence-electron chi connectivity index (χ2n) is 8.28. The van der Waals surface area contributed by atoms with Crippen LogP contribution in [0.5, 0.6) is 0 Å². The van der Waals surface area contributed by atoms with Crippen molar-refractivity contribution in [1.29, 1.82) is 0 Å². The van der Waals surface area contributed by atoms with Crippen LogP contribution in [0.1, 0.15) is 24.1 Å². The van der Waals surface area contributed by atoms with Crippen molar-refractivity contribution in [2.45, 2.75) is 25.9 Å². The number of nitrogens with one attached hydrogen (secondary N) is 2. The molecular formula is C25H27Cl2FN6. The van der Waals surface area contributed by atoms with Crippen LogP contribution in [0.15, 0.2) is 59.9 Å². The first-order valence-corrected chi connectivity index (χ1v) is 11.9. The Morgan fingerprint density at radius 3 is 2.74 bits per heavy atom. The van der Waals surface area contributed by atoms with Crippen molar-refractivity contribution in [3.05, 3.63) is 82.0 Å². The molecule has 0 bridgehead atoms. The standard InChI is InChI=1S/C25H27Cl2FN6/c1-16(31-13-18-7-2-3-10-21(18)28)32-14-22-24(29)34(15-17-6-5-11-30-12-17)25(33-22)23-19(26)8-4-9-20(23)27/h2-4,7-10,14,17,30-31H,1,5-6,11-13,15,29H2/b32-14-/t17-/m0/s1. The SMILES string of the molecule is C=C(/N=C\c1nc(-c2c(Cl)cccc2Cl)n(C[C@H]2CCCNC2)c1N)NCc1ccccc1F. The molecule has 0 radical (unpaired) electrons. The van der Waals surface area contributed by atoms with Gasteiger partial charge in [-0.05, 0) is 50.0 Å². The molecule has 1 fully saturated rings. The van der Waals surface area contributed by atoms with Crippen molar-refractivity contribution in [2.75, 3.05) is 18.8 Å². The highest BCUT2D eigenvalue weighted by molar-refractivity contribution is 6.39. The first kappa shape index (κ1) is 24.3. The number of hydrogen-bond acceptors (Lipinski definition) is 5. The predicted octanol–water partition coefficient (Wildman–Crippen LogP) is 5.26. The summed E-state index contributed by atoms with van der Waals surface area (Å²) in [5, 5.41) is 7.44. The maximum atomic E-state index is 13.8. The summed E-state index contributed by atoms with van der Waals surface area (Å²) >= 11 is 13.0. The van der Waals surface area contributed by atoms with Crippen LogP contribution in [0, 0.1) is 11.7 Å². The largest absolute Gasteiger partial charge is 0.383 e. The number of aliphatic imine (C=N–C) groups is 1. The lowest BCUT2D eigenvalue weighted by Gasteiger charge is -2.24. The highest BCUT2D eigenvalue weighted by Crippen LogP contribution is 2.36. The molecule has 178 valence electrons. The number of rotatable bonds is 8. The van der Waals surface area contributed by atoms with E-state index in [2.05, 4.69) is 22.2 Å². The Hall–Kier alpha value is -2.87. The third-order valence-corrected chi connectivity index (χ3v) is 6.47. The number of halogens is 3. The second kappa shape index (κ2) is 11.0. The van der Waals surface area contributed by atoms with Crippen LogP contribution in [-0.4, -0.2) is 28.9 Å². The lowest BCUT2D eigenvalue weighted by atomic mass is 9.99. The van der Waals surface area contributed by atoms with Gasteiger partial charge in [-0.25, -0.2) is 14.4 Å². The minimum atomic E-state index is -0.284. The number of piperidine rings is 1. The number of imidazole rings is 1. The zero-order valence-electron chi connectivity index (χ0n) is 18.7. The first-order chi connectivity index (χ1) is 16.4. The van der Waals surface area contributed by atoms with Gasteiger partial charge in [-0.15, -0.1) is 0 Å². The second-order valence-corrected chi connectivity index (χ2v) is 9.09. The molecule has 1 saturated heterocycles. The van der Waals surface area contributed by atoms with E-state index in [0.717, 1.165) is 25.9 Å². The first-order valence-electron chi connectivity index (χ1n) is 11.2. The Labute approximate surface area is 208 Å². The Bertz CT molecular complexity index is 1180. The monoisotopic (exact) mass is 500 g/mol. The van der Waals surface area contributed by atoms with Gasteiger partial charge in [0.1, 0.15) is 29.0 Å². The van der Waals surface area contributed by atoms with Crippen molar-refractivity contribution in [2.24, 2.45) is 10.9 Å². The number of nitrogens with zero attached hydrogens (tertiary/aromatic N) is 3. The highest BCUT2D eigenvalue weighted by Gasteiger charge is 2.23. The van der Waals surface area contributed by atoms with Crippen LogP contribution in [0.25, 0.3) is 11.4 Å². The third-order valence-electron chi connectivity index (χ3n) is 5.84. The molecule has 0 spiro atoms. The molecule has 0 unspecified atom stereocenters. The maximum absolute atomic E-state index is 13.8. The molecule has 2 aromatic carbocycles. The normalized spacial score (nSPS) is 16.1. The Balaban J connectivity index is 1.59. The zero-order chi connectivity index (χ0) is 24.1. The fraction of sp³-hybridized carbons (Fsp3) is 0.280. The Morgan fingerprint density at radius 2 is 2.03 bits per heavy atom. The number of nitrogens with two attached hydrogens (primary N) is 1. The molecule has 1 aliphatic rings. The summed E-state index contributed by atoms with van der Waals surface area (Å²) in [6.45, 7) is 6.78. The van der Waals surface area contributed by atoms with Gasteiger partial charge in [-0.2, -0.15) is 0 Å². The number of nitrogen functional groups attached to an aromatic ring is 1. The molecule has 0 amide bonds. The minimum Gasteiger partial charge on any atom is -0.383 e. The summed E-state index contributed by atoms with van der Waals surface area (Å²) in [6.07, 6.45) is 3.76. The van der Waals surface area contributed by atoms with Crippen LogP contribution in [-0.2, 0) is 13.1 Å².